The van der Waals surface area contributed by atoms with Crippen LogP contribution in [0.2, 0.25) is 0 Å². The van der Waals surface area contributed by atoms with Gasteiger partial charge >= 0.3 is 0 Å². The number of furan rings is 1. The van der Waals surface area contributed by atoms with Gasteiger partial charge < -0.3 is 9.32 Å². The summed E-state index contributed by atoms with van der Waals surface area (Å²) >= 11 is 3.38. The van der Waals surface area contributed by atoms with E-state index in [1.54, 1.807) is 6.26 Å². The Morgan fingerprint density at radius 1 is 1.64 bits per heavy atom. The van der Waals surface area contributed by atoms with Gasteiger partial charge in [0.2, 0.25) is 5.91 Å². The fourth-order valence-corrected chi connectivity index (χ4v) is 2.25. The molecule has 3 nitrogen and oxygen atoms in total. The molecule has 4 heteroatoms. The molecule has 1 saturated heterocycles. The molecule has 14 heavy (non-hydrogen) atoms. The van der Waals surface area contributed by atoms with Crippen molar-refractivity contribution in [3.63, 3.8) is 0 Å². The van der Waals surface area contributed by atoms with Gasteiger partial charge in [0, 0.05) is 6.54 Å². The monoisotopic (exact) mass is 257 g/mol. The third-order valence-electron chi connectivity index (χ3n) is 2.39. The molecule has 0 aliphatic carbocycles. The lowest BCUT2D eigenvalue weighted by atomic mass is 10.1. The number of alkyl halides is 1. The molecule has 76 valence electrons. The molecule has 1 aliphatic rings. The second-order valence-electron chi connectivity index (χ2n) is 3.45. The van der Waals surface area contributed by atoms with Crippen LogP contribution in [-0.4, -0.2) is 22.2 Å². The number of amides is 1. The number of nitrogens with zero attached hydrogens (tertiary/aromatic N) is 1. The molecule has 0 bridgehead atoms. The fourth-order valence-electron chi connectivity index (χ4n) is 1.64. The van der Waals surface area contributed by atoms with E-state index >= 15 is 0 Å². The molecule has 1 atom stereocenters. The van der Waals surface area contributed by atoms with E-state index in [1.165, 1.54) is 0 Å². The van der Waals surface area contributed by atoms with E-state index in [4.69, 9.17) is 4.42 Å². The summed E-state index contributed by atoms with van der Waals surface area (Å²) in [7, 11) is 0. The lowest BCUT2D eigenvalue weighted by molar-refractivity contribution is -0.133. The molecule has 0 spiro atoms. The Morgan fingerprint density at radius 3 is 3.21 bits per heavy atom. The van der Waals surface area contributed by atoms with Gasteiger partial charge in [0.05, 0.1) is 17.6 Å². The van der Waals surface area contributed by atoms with Crippen LogP contribution in [0, 0.1) is 0 Å². The summed E-state index contributed by atoms with van der Waals surface area (Å²) < 4.78 is 5.21. The van der Waals surface area contributed by atoms with Crippen LogP contribution in [0.5, 0.6) is 0 Å². The average molecular weight is 258 g/mol. The van der Waals surface area contributed by atoms with Crippen LogP contribution in [0.1, 0.15) is 18.6 Å². The number of piperidine rings is 1. The zero-order chi connectivity index (χ0) is 9.97. The number of rotatable bonds is 2. The second kappa shape index (κ2) is 4.17. The van der Waals surface area contributed by atoms with Gasteiger partial charge in [-0.25, -0.2) is 0 Å². The van der Waals surface area contributed by atoms with Gasteiger partial charge in [-0.1, -0.05) is 15.9 Å². The van der Waals surface area contributed by atoms with Gasteiger partial charge in [-0.2, -0.15) is 0 Å². The maximum Gasteiger partial charge on any atom is 0.236 e. The largest absolute Gasteiger partial charge is 0.467 e. The molecule has 1 aromatic heterocycles. The Balaban J connectivity index is 2.00. The van der Waals surface area contributed by atoms with E-state index in [0.717, 1.165) is 25.1 Å². The maximum atomic E-state index is 11.7. The summed E-state index contributed by atoms with van der Waals surface area (Å²) in [6, 6.07) is 3.74. The molecule has 1 aliphatic heterocycles. The number of likely N-dealkylation sites (tertiary alicyclic amines) is 1. The van der Waals surface area contributed by atoms with Crippen molar-refractivity contribution in [2.75, 3.05) is 6.54 Å². The average Bonchev–Trinajstić information content (AvgIpc) is 2.66. The van der Waals surface area contributed by atoms with Crippen LogP contribution in [-0.2, 0) is 11.3 Å². The number of carbonyl (C=O) groups is 1. The molecular formula is C10H12BrNO2. The van der Waals surface area contributed by atoms with E-state index in [9.17, 15) is 4.79 Å². The maximum absolute atomic E-state index is 11.7. The Kier molecular flexibility index (Phi) is 2.91. The van der Waals surface area contributed by atoms with Crippen molar-refractivity contribution in [1.82, 2.24) is 4.90 Å². The van der Waals surface area contributed by atoms with Crippen molar-refractivity contribution in [2.45, 2.75) is 24.2 Å². The minimum Gasteiger partial charge on any atom is -0.467 e. The van der Waals surface area contributed by atoms with Crippen molar-refractivity contribution in [1.29, 1.82) is 0 Å². The van der Waals surface area contributed by atoms with Crippen LogP contribution in [0.15, 0.2) is 22.8 Å². The Morgan fingerprint density at radius 2 is 2.50 bits per heavy atom. The highest BCUT2D eigenvalue weighted by Gasteiger charge is 2.26. The predicted octanol–water partition coefficient (Wildman–Crippen LogP) is 2.17. The first kappa shape index (κ1) is 9.77. The molecule has 1 fully saturated rings. The number of hydrogen-bond acceptors (Lipinski definition) is 2. The summed E-state index contributed by atoms with van der Waals surface area (Å²) in [6.07, 6.45) is 3.63. The van der Waals surface area contributed by atoms with Crippen molar-refractivity contribution in [3.8, 4) is 0 Å². The summed E-state index contributed by atoms with van der Waals surface area (Å²) in [4.78, 5) is 13.5. The topological polar surface area (TPSA) is 33.5 Å². The van der Waals surface area contributed by atoms with Crippen molar-refractivity contribution in [3.05, 3.63) is 24.2 Å². The summed E-state index contributed by atoms with van der Waals surface area (Å²) in [5.74, 6) is 1.02. The molecule has 2 rings (SSSR count). The van der Waals surface area contributed by atoms with Crippen LogP contribution in [0.25, 0.3) is 0 Å². The summed E-state index contributed by atoms with van der Waals surface area (Å²) in [5.41, 5.74) is 0. The van der Waals surface area contributed by atoms with Gasteiger partial charge in [0.1, 0.15) is 5.76 Å². The van der Waals surface area contributed by atoms with Gasteiger partial charge in [-0.3, -0.25) is 4.79 Å². The number of halogens is 1. The Bertz CT molecular complexity index is 310. The van der Waals surface area contributed by atoms with Crippen LogP contribution in [0.4, 0.5) is 0 Å². The first-order valence-electron chi connectivity index (χ1n) is 4.72. The van der Waals surface area contributed by atoms with Crippen molar-refractivity contribution in [2.24, 2.45) is 0 Å². The lowest BCUT2D eigenvalue weighted by Crippen LogP contribution is -2.40. The highest BCUT2D eigenvalue weighted by Crippen LogP contribution is 2.20. The SMILES string of the molecule is O=C1C(Br)CCCN1Cc1ccco1. The lowest BCUT2D eigenvalue weighted by Gasteiger charge is -2.28. The van der Waals surface area contributed by atoms with E-state index in [1.807, 2.05) is 17.0 Å². The zero-order valence-electron chi connectivity index (χ0n) is 7.78. The molecule has 1 unspecified atom stereocenters. The minimum atomic E-state index is -0.00814. The Hall–Kier alpha value is -0.770. The quantitative estimate of drug-likeness (QED) is 0.761. The number of carbonyl (C=O) groups excluding carboxylic acids is 1. The minimum absolute atomic E-state index is 0.00814. The van der Waals surface area contributed by atoms with Gasteiger partial charge in [0.15, 0.2) is 0 Å². The Labute approximate surface area is 91.2 Å². The van der Waals surface area contributed by atoms with Crippen LogP contribution in [0.3, 0.4) is 0 Å². The molecular weight excluding hydrogens is 246 g/mol. The van der Waals surface area contributed by atoms with E-state index in [-0.39, 0.29) is 10.7 Å². The van der Waals surface area contributed by atoms with Gasteiger partial charge in [-0.05, 0) is 25.0 Å². The normalized spacial score (nSPS) is 22.8. The van der Waals surface area contributed by atoms with Crippen molar-refractivity contribution < 1.29 is 9.21 Å². The standard InChI is InChI=1S/C10H12BrNO2/c11-9-4-1-5-12(10(9)13)7-8-3-2-6-14-8/h2-3,6,9H,1,4-5,7H2. The molecule has 1 aromatic rings. The smallest absolute Gasteiger partial charge is 0.236 e. The van der Waals surface area contributed by atoms with Gasteiger partial charge in [0.25, 0.3) is 0 Å². The fraction of sp³-hybridized carbons (Fsp3) is 0.500. The van der Waals surface area contributed by atoms with Crippen LogP contribution < -0.4 is 0 Å². The first-order chi connectivity index (χ1) is 6.77. The highest BCUT2D eigenvalue weighted by atomic mass is 79.9. The van der Waals surface area contributed by atoms with Crippen molar-refractivity contribution >= 4 is 21.8 Å². The summed E-state index contributed by atoms with van der Waals surface area (Å²) in [6.45, 7) is 1.43. The summed E-state index contributed by atoms with van der Waals surface area (Å²) in [5, 5.41) is 0. The number of hydrogen-bond donors (Lipinski definition) is 0. The van der Waals surface area contributed by atoms with E-state index < -0.39 is 0 Å². The molecule has 0 aromatic carbocycles. The third kappa shape index (κ3) is 2.00. The molecule has 0 N–H and O–H groups in total. The molecule has 0 radical (unpaired) electrons. The van der Waals surface area contributed by atoms with E-state index in [0.29, 0.717) is 6.54 Å². The predicted molar refractivity (Wildman–Crippen MR) is 56.1 cm³/mol. The zero-order valence-corrected chi connectivity index (χ0v) is 9.37. The molecule has 2 heterocycles. The first-order valence-corrected chi connectivity index (χ1v) is 5.64. The second-order valence-corrected chi connectivity index (χ2v) is 4.55. The highest BCUT2D eigenvalue weighted by molar-refractivity contribution is 9.10. The van der Waals surface area contributed by atoms with Crippen LogP contribution >= 0.6 is 15.9 Å². The van der Waals surface area contributed by atoms with E-state index in [2.05, 4.69) is 15.9 Å². The molecule has 1 amide bonds. The van der Waals surface area contributed by atoms with Gasteiger partial charge in [-0.15, -0.1) is 0 Å². The molecule has 0 saturated carbocycles. The third-order valence-corrected chi connectivity index (χ3v) is 3.24.